The van der Waals surface area contributed by atoms with Crippen molar-refractivity contribution in [1.29, 1.82) is 0 Å². The molecule has 2 aromatic heterocycles. The Balaban J connectivity index is 1.23. The van der Waals surface area contributed by atoms with Crippen molar-refractivity contribution < 1.29 is 14.3 Å². The Hall–Kier alpha value is -3.21. The summed E-state index contributed by atoms with van der Waals surface area (Å²) in [5.41, 5.74) is 8.71. The Bertz CT molecular complexity index is 1160. The number of nitrogens with two attached hydrogens (primary N) is 1. The third kappa shape index (κ3) is 5.45. The SMILES string of the molecule is Cc1ccc(-n2nc(N3CCOC(CN4CCN(C(=O)OCCCN)CC4)C3)c3ccncc32)cc1. The second-order valence-corrected chi connectivity index (χ2v) is 9.45. The number of aryl methyl sites for hydroxylation is 1. The molecule has 10 heteroatoms. The van der Waals surface area contributed by atoms with Crippen LogP contribution in [-0.2, 0) is 9.47 Å². The molecule has 1 amide bonds. The first-order chi connectivity index (χ1) is 17.6. The van der Waals surface area contributed by atoms with E-state index in [9.17, 15) is 4.79 Å². The van der Waals surface area contributed by atoms with Crippen molar-refractivity contribution in [2.24, 2.45) is 5.73 Å². The van der Waals surface area contributed by atoms with Crippen LogP contribution < -0.4 is 10.6 Å². The van der Waals surface area contributed by atoms with Crippen LogP contribution in [0.1, 0.15) is 12.0 Å². The first kappa shape index (κ1) is 24.5. The van der Waals surface area contributed by atoms with E-state index in [0.717, 1.165) is 55.1 Å². The number of hydrogen-bond acceptors (Lipinski definition) is 8. The number of fused-ring (bicyclic) bond motifs is 1. The molecular weight excluding hydrogens is 458 g/mol. The van der Waals surface area contributed by atoms with Crippen LogP contribution in [0.4, 0.5) is 10.6 Å². The summed E-state index contributed by atoms with van der Waals surface area (Å²) >= 11 is 0. The van der Waals surface area contributed by atoms with Crippen LogP contribution in [0.25, 0.3) is 16.6 Å². The molecule has 4 heterocycles. The van der Waals surface area contributed by atoms with Gasteiger partial charge in [-0.05, 0) is 38.1 Å². The molecule has 10 nitrogen and oxygen atoms in total. The van der Waals surface area contributed by atoms with Gasteiger partial charge in [0.15, 0.2) is 5.82 Å². The second kappa shape index (κ2) is 11.2. The van der Waals surface area contributed by atoms with Gasteiger partial charge in [-0.2, -0.15) is 0 Å². The summed E-state index contributed by atoms with van der Waals surface area (Å²) in [6.07, 6.45) is 4.23. The van der Waals surface area contributed by atoms with Crippen molar-refractivity contribution in [3.63, 3.8) is 0 Å². The summed E-state index contributed by atoms with van der Waals surface area (Å²) in [6, 6.07) is 10.4. The fourth-order valence-corrected chi connectivity index (χ4v) is 4.82. The van der Waals surface area contributed by atoms with E-state index >= 15 is 0 Å². The highest BCUT2D eigenvalue weighted by Crippen LogP contribution is 2.29. The number of rotatable bonds is 7. The van der Waals surface area contributed by atoms with Crippen LogP contribution in [0.15, 0.2) is 42.7 Å². The lowest BCUT2D eigenvalue weighted by molar-refractivity contribution is 0.00414. The summed E-state index contributed by atoms with van der Waals surface area (Å²) in [5, 5.41) is 6.11. The van der Waals surface area contributed by atoms with E-state index in [-0.39, 0.29) is 12.2 Å². The summed E-state index contributed by atoms with van der Waals surface area (Å²) in [6.45, 7) is 8.97. The zero-order valence-electron chi connectivity index (χ0n) is 20.9. The van der Waals surface area contributed by atoms with Gasteiger partial charge in [-0.25, -0.2) is 9.48 Å². The maximum atomic E-state index is 12.2. The normalized spacial score (nSPS) is 19.1. The minimum atomic E-state index is -0.242. The first-order valence-corrected chi connectivity index (χ1v) is 12.7. The largest absolute Gasteiger partial charge is 0.449 e. The number of carbonyl (C=O) groups is 1. The van der Waals surface area contributed by atoms with Crippen LogP contribution in [0.5, 0.6) is 0 Å². The third-order valence-electron chi connectivity index (χ3n) is 6.85. The van der Waals surface area contributed by atoms with E-state index in [2.05, 4.69) is 46.0 Å². The molecule has 5 rings (SSSR count). The number of aromatic nitrogens is 3. The minimum Gasteiger partial charge on any atom is -0.449 e. The van der Waals surface area contributed by atoms with Crippen molar-refractivity contribution in [1.82, 2.24) is 24.6 Å². The van der Waals surface area contributed by atoms with Gasteiger partial charge in [-0.1, -0.05) is 17.7 Å². The molecule has 0 aliphatic carbocycles. The van der Waals surface area contributed by atoms with Gasteiger partial charge in [0, 0.05) is 57.4 Å². The lowest BCUT2D eigenvalue weighted by Crippen LogP contribution is -2.53. The summed E-state index contributed by atoms with van der Waals surface area (Å²) in [5.74, 6) is 0.964. The average Bonchev–Trinajstić information content (AvgIpc) is 3.30. The molecule has 1 atom stereocenters. The fraction of sp³-hybridized carbons (Fsp3) is 0.500. The van der Waals surface area contributed by atoms with Crippen molar-refractivity contribution in [3.05, 3.63) is 48.3 Å². The minimum absolute atomic E-state index is 0.0724. The molecule has 0 spiro atoms. The van der Waals surface area contributed by atoms with Crippen LogP contribution in [0.3, 0.4) is 0 Å². The number of nitrogens with zero attached hydrogens (tertiary/aromatic N) is 6. The van der Waals surface area contributed by atoms with E-state index in [1.54, 1.807) is 4.90 Å². The number of amides is 1. The highest BCUT2D eigenvalue weighted by Gasteiger charge is 2.29. The lowest BCUT2D eigenvalue weighted by atomic mass is 10.2. The van der Waals surface area contributed by atoms with E-state index < -0.39 is 0 Å². The number of pyridine rings is 1. The van der Waals surface area contributed by atoms with Crippen LogP contribution in [0, 0.1) is 6.92 Å². The standard InChI is InChI=1S/C26H35N7O3/c1-20-3-5-21(6-4-20)33-24-17-28-9-7-23(24)25(29-33)32-14-16-35-22(19-32)18-30-10-12-31(13-11-30)26(34)36-15-2-8-27/h3-7,9,17,22H,2,8,10-16,18-19,27H2,1H3. The summed E-state index contributed by atoms with van der Waals surface area (Å²) in [7, 11) is 0. The van der Waals surface area contributed by atoms with E-state index in [0.29, 0.717) is 39.3 Å². The molecule has 192 valence electrons. The molecule has 0 radical (unpaired) electrons. The number of benzene rings is 1. The number of morpholine rings is 1. The monoisotopic (exact) mass is 493 g/mol. The van der Waals surface area contributed by atoms with E-state index in [1.165, 1.54) is 5.56 Å². The van der Waals surface area contributed by atoms with E-state index in [4.69, 9.17) is 20.3 Å². The Morgan fingerprint density at radius 1 is 1.14 bits per heavy atom. The molecule has 2 saturated heterocycles. The number of hydrogen-bond donors (Lipinski definition) is 1. The van der Waals surface area contributed by atoms with Crippen LogP contribution in [0.2, 0.25) is 0 Å². The molecule has 0 saturated carbocycles. The first-order valence-electron chi connectivity index (χ1n) is 12.7. The maximum Gasteiger partial charge on any atom is 0.409 e. The van der Waals surface area contributed by atoms with Gasteiger partial charge in [-0.3, -0.25) is 9.88 Å². The topological polar surface area (TPSA) is 102 Å². The molecular formula is C26H35N7O3. The average molecular weight is 494 g/mol. The fourth-order valence-electron chi connectivity index (χ4n) is 4.82. The molecule has 2 aliphatic rings. The lowest BCUT2D eigenvalue weighted by Gasteiger charge is -2.39. The molecule has 0 bridgehead atoms. The maximum absolute atomic E-state index is 12.2. The number of ether oxygens (including phenoxy) is 2. The molecule has 2 fully saturated rings. The third-order valence-corrected chi connectivity index (χ3v) is 6.85. The molecule has 3 aromatic rings. The summed E-state index contributed by atoms with van der Waals surface area (Å²) < 4.78 is 13.4. The predicted molar refractivity (Wildman–Crippen MR) is 139 cm³/mol. The van der Waals surface area contributed by atoms with Gasteiger partial charge < -0.3 is 25.0 Å². The van der Waals surface area contributed by atoms with Gasteiger partial charge >= 0.3 is 6.09 Å². The highest BCUT2D eigenvalue weighted by molar-refractivity contribution is 5.91. The second-order valence-electron chi connectivity index (χ2n) is 9.45. The van der Waals surface area contributed by atoms with Crippen LogP contribution in [-0.4, -0.2) is 102 Å². The van der Waals surface area contributed by atoms with Gasteiger partial charge in [0.1, 0.15) is 0 Å². The Morgan fingerprint density at radius 3 is 2.72 bits per heavy atom. The Morgan fingerprint density at radius 2 is 1.94 bits per heavy atom. The van der Waals surface area contributed by atoms with Gasteiger partial charge in [0.25, 0.3) is 0 Å². The molecule has 1 aromatic carbocycles. The number of piperazine rings is 1. The predicted octanol–water partition coefficient (Wildman–Crippen LogP) is 2.04. The Kier molecular flexibility index (Phi) is 7.64. The van der Waals surface area contributed by atoms with Crippen molar-refractivity contribution in [2.45, 2.75) is 19.4 Å². The van der Waals surface area contributed by atoms with Crippen molar-refractivity contribution in [3.8, 4) is 5.69 Å². The molecule has 2 N–H and O–H groups in total. The number of anilines is 1. The van der Waals surface area contributed by atoms with Crippen molar-refractivity contribution in [2.75, 3.05) is 70.5 Å². The number of carbonyl (C=O) groups excluding carboxylic acids is 1. The van der Waals surface area contributed by atoms with Crippen molar-refractivity contribution >= 4 is 22.8 Å². The van der Waals surface area contributed by atoms with Gasteiger partial charge in [0.2, 0.25) is 0 Å². The highest BCUT2D eigenvalue weighted by atomic mass is 16.6. The molecule has 1 unspecified atom stereocenters. The molecule has 2 aliphatic heterocycles. The quantitative estimate of drug-likeness (QED) is 0.499. The zero-order valence-corrected chi connectivity index (χ0v) is 20.9. The van der Waals surface area contributed by atoms with Gasteiger partial charge in [-0.15, -0.1) is 5.10 Å². The van der Waals surface area contributed by atoms with E-state index in [1.807, 2.05) is 23.1 Å². The van der Waals surface area contributed by atoms with Gasteiger partial charge in [0.05, 0.1) is 36.7 Å². The summed E-state index contributed by atoms with van der Waals surface area (Å²) in [4.78, 5) is 23.0. The smallest absolute Gasteiger partial charge is 0.409 e. The zero-order chi connectivity index (χ0) is 24.9. The van der Waals surface area contributed by atoms with Crippen LogP contribution >= 0.6 is 0 Å². The molecule has 36 heavy (non-hydrogen) atoms. The Labute approximate surface area is 211 Å².